The minimum atomic E-state index is 0.274. The second-order valence-corrected chi connectivity index (χ2v) is 10.3. The minimum Gasteiger partial charge on any atom is -0.294 e. The predicted molar refractivity (Wildman–Crippen MR) is 157 cm³/mol. The molecule has 2 nitrogen and oxygen atoms in total. The number of hydrogen-bond donors (Lipinski definition) is 0. The largest absolute Gasteiger partial charge is 0.294 e. The highest BCUT2D eigenvalue weighted by molar-refractivity contribution is 6.08. The minimum absolute atomic E-state index is 0.274. The molecule has 0 aliphatic heterocycles. The Morgan fingerprint density at radius 3 is 1.11 bits per heavy atom. The predicted octanol–water partition coefficient (Wildman–Crippen LogP) is 10.1. The van der Waals surface area contributed by atoms with Gasteiger partial charge in [0.15, 0.2) is 11.6 Å². The van der Waals surface area contributed by atoms with Gasteiger partial charge in [-0.1, -0.05) is 143 Å². The molecule has 0 aromatic heterocycles. The van der Waals surface area contributed by atoms with E-state index in [1.165, 1.54) is 44.9 Å². The molecule has 0 amide bonds. The van der Waals surface area contributed by atoms with Crippen molar-refractivity contribution in [2.45, 2.75) is 83.5 Å². The quantitative estimate of drug-likeness (QED) is 0.115. The van der Waals surface area contributed by atoms with Gasteiger partial charge in [-0.25, -0.2) is 0 Å². The normalized spacial score (nSPS) is 11.2. The topological polar surface area (TPSA) is 34.1 Å². The standard InChI is InChI=1S/C35H40O2/c36-34(32-24-16-20-28-18-12-14-22-30(28)32)26-10-8-6-4-2-1-3-5-7-9-11-27-35(37)33-25-17-21-29-19-13-15-23-31(29)33/h12-25H,1-11,26-27H2. The van der Waals surface area contributed by atoms with Crippen LogP contribution in [-0.4, -0.2) is 11.6 Å². The van der Waals surface area contributed by atoms with Crippen molar-refractivity contribution in [2.24, 2.45) is 0 Å². The number of hydrogen-bond acceptors (Lipinski definition) is 2. The molecule has 0 heterocycles. The lowest BCUT2D eigenvalue weighted by atomic mass is 9.97. The average molecular weight is 493 g/mol. The third-order valence-corrected chi connectivity index (χ3v) is 7.49. The molecule has 0 N–H and O–H groups in total. The van der Waals surface area contributed by atoms with Gasteiger partial charge in [-0.05, 0) is 34.4 Å². The van der Waals surface area contributed by atoms with Gasteiger partial charge >= 0.3 is 0 Å². The number of rotatable bonds is 16. The molecule has 2 heteroatoms. The SMILES string of the molecule is O=C(CCCCCCCCCCCCCC(=O)c1cccc2ccccc12)c1cccc2ccccc12. The zero-order valence-corrected chi connectivity index (χ0v) is 22.1. The highest BCUT2D eigenvalue weighted by Gasteiger charge is 2.10. The molecule has 4 aromatic carbocycles. The Balaban J connectivity index is 0.996. The molecule has 0 aliphatic rings. The van der Waals surface area contributed by atoms with Crippen LogP contribution in [-0.2, 0) is 0 Å². The summed E-state index contributed by atoms with van der Waals surface area (Å²) in [5, 5.41) is 4.43. The van der Waals surface area contributed by atoms with Gasteiger partial charge in [0.1, 0.15) is 0 Å². The van der Waals surface area contributed by atoms with Gasteiger partial charge in [0.25, 0.3) is 0 Å². The zero-order valence-electron chi connectivity index (χ0n) is 22.1. The lowest BCUT2D eigenvalue weighted by Gasteiger charge is -2.06. The number of Topliss-reactive ketones (excluding diaryl/α,β-unsaturated/α-hetero) is 2. The van der Waals surface area contributed by atoms with Crippen LogP contribution < -0.4 is 0 Å². The van der Waals surface area contributed by atoms with E-state index < -0.39 is 0 Å². The first-order chi connectivity index (χ1) is 18.2. The monoisotopic (exact) mass is 492 g/mol. The molecule has 4 aromatic rings. The lowest BCUT2D eigenvalue weighted by Crippen LogP contribution is -2.00. The van der Waals surface area contributed by atoms with Gasteiger partial charge in [-0.2, -0.15) is 0 Å². The summed E-state index contributed by atoms with van der Waals surface area (Å²) in [6, 6.07) is 28.3. The van der Waals surface area contributed by atoms with Crippen LogP contribution in [0.5, 0.6) is 0 Å². The fourth-order valence-corrected chi connectivity index (χ4v) is 5.37. The molecule has 0 saturated heterocycles. The van der Waals surface area contributed by atoms with Crippen LogP contribution in [0.25, 0.3) is 21.5 Å². The zero-order chi connectivity index (χ0) is 25.7. The Morgan fingerprint density at radius 2 is 0.703 bits per heavy atom. The summed E-state index contributed by atoms with van der Waals surface area (Å²) >= 11 is 0. The Kier molecular flexibility index (Phi) is 10.5. The molecule has 0 atom stereocenters. The van der Waals surface area contributed by atoms with Crippen LogP contribution in [0.3, 0.4) is 0 Å². The van der Waals surface area contributed by atoms with Crippen molar-refractivity contribution in [1.82, 2.24) is 0 Å². The van der Waals surface area contributed by atoms with Gasteiger partial charge < -0.3 is 0 Å². The molecule has 0 bridgehead atoms. The van der Waals surface area contributed by atoms with E-state index in [2.05, 4.69) is 36.4 Å². The maximum absolute atomic E-state index is 12.7. The maximum Gasteiger partial charge on any atom is 0.163 e. The lowest BCUT2D eigenvalue weighted by molar-refractivity contribution is 0.0972. The van der Waals surface area contributed by atoms with E-state index >= 15 is 0 Å². The van der Waals surface area contributed by atoms with E-state index in [1.54, 1.807) is 0 Å². The fraction of sp³-hybridized carbons (Fsp3) is 0.371. The Morgan fingerprint density at radius 1 is 0.378 bits per heavy atom. The summed E-state index contributed by atoms with van der Waals surface area (Å²) < 4.78 is 0. The summed E-state index contributed by atoms with van der Waals surface area (Å²) in [7, 11) is 0. The van der Waals surface area contributed by atoms with Crippen molar-refractivity contribution >= 4 is 33.1 Å². The molecule has 4 rings (SSSR count). The number of benzene rings is 4. The summed E-state index contributed by atoms with van der Waals surface area (Å²) in [6.45, 7) is 0. The molecular weight excluding hydrogens is 452 g/mol. The van der Waals surface area contributed by atoms with E-state index in [1.807, 2.05) is 48.5 Å². The van der Waals surface area contributed by atoms with Crippen LogP contribution >= 0.6 is 0 Å². The third kappa shape index (κ3) is 7.86. The first kappa shape index (κ1) is 26.8. The van der Waals surface area contributed by atoms with Crippen LogP contribution in [0.4, 0.5) is 0 Å². The third-order valence-electron chi connectivity index (χ3n) is 7.49. The number of carbonyl (C=O) groups excluding carboxylic acids is 2. The first-order valence-electron chi connectivity index (χ1n) is 14.3. The van der Waals surface area contributed by atoms with Crippen LogP contribution in [0.2, 0.25) is 0 Å². The summed E-state index contributed by atoms with van der Waals surface area (Å²) in [6.07, 6.45) is 14.4. The maximum atomic E-state index is 12.7. The highest BCUT2D eigenvalue weighted by atomic mass is 16.1. The van der Waals surface area contributed by atoms with Crippen molar-refractivity contribution in [2.75, 3.05) is 0 Å². The second-order valence-electron chi connectivity index (χ2n) is 10.3. The molecule has 0 fully saturated rings. The molecule has 0 radical (unpaired) electrons. The molecule has 0 saturated carbocycles. The average Bonchev–Trinajstić information content (AvgIpc) is 2.94. The van der Waals surface area contributed by atoms with Crippen LogP contribution in [0, 0.1) is 0 Å². The smallest absolute Gasteiger partial charge is 0.163 e. The first-order valence-corrected chi connectivity index (χ1v) is 14.3. The number of carbonyl (C=O) groups is 2. The highest BCUT2D eigenvalue weighted by Crippen LogP contribution is 2.22. The van der Waals surface area contributed by atoms with Gasteiger partial charge in [-0.15, -0.1) is 0 Å². The molecular formula is C35H40O2. The van der Waals surface area contributed by atoms with E-state index in [9.17, 15) is 9.59 Å². The van der Waals surface area contributed by atoms with E-state index in [0.29, 0.717) is 12.8 Å². The van der Waals surface area contributed by atoms with Gasteiger partial charge in [0, 0.05) is 24.0 Å². The van der Waals surface area contributed by atoms with Gasteiger partial charge in [0.2, 0.25) is 0 Å². The molecule has 0 aliphatic carbocycles. The fourth-order valence-electron chi connectivity index (χ4n) is 5.37. The van der Waals surface area contributed by atoms with Gasteiger partial charge in [-0.3, -0.25) is 9.59 Å². The summed E-state index contributed by atoms with van der Waals surface area (Å²) in [4.78, 5) is 25.4. The van der Waals surface area contributed by atoms with Crippen LogP contribution in [0.15, 0.2) is 84.9 Å². The Hall–Kier alpha value is -3.26. The molecule has 0 unspecified atom stereocenters. The van der Waals surface area contributed by atoms with Crippen molar-refractivity contribution in [3.8, 4) is 0 Å². The second kappa shape index (κ2) is 14.5. The summed E-state index contributed by atoms with van der Waals surface area (Å²) in [5.74, 6) is 0.547. The van der Waals surface area contributed by atoms with E-state index in [-0.39, 0.29) is 11.6 Å². The molecule has 37 heavy (non-hydrogen) atoms. The number of ketones is 2. The molecule has 192 valence electrons. The number of fused-ring (bicyclic) bond motifs is 2. The van der Waals surface area contributed by atoms with E-state index in [4.69, 9.17) is 0 Å². The summed E-state index contributed by atoms with van der Waals surface area (Å²) in [5.41, 5.74) is 1.74. The van der Waals surface area contributed by atoms with E-state index in [0.717, 1.165) is 58.4 Å². The van der Waals surface area contributed by atoms with Crippen molar-refractivity contribution in [3.05, 3.63) is 96.1 Å². The van der Waals surface area contributed by atoms with Gasteiger partial charge in [0.05, 0.1) is 0 Å². The Bertz CT molecular complexity index is 1190. The van der Waals surface area contributed by atoms with Crippen molar-refractivity contribution in [1.29, 1.82) is 0 Å². The molecule has 0 spiro atoms. The van der Waals surface area contributed by atoms with Crippen molar-refractivity contribution < 1.29 is 9.59 Å². The Labute approximate surface area is 222 Å². The van der Waals surface area contributed by atoms with Crippen molar-refractivity contribution in [3.63, 3.8) is 0 Å². The van der Waals surface area contributed by atoms with Crippen LogP contribution in [0.1, 0.15) is 104 Å². The number of unbranched alkanes of at least 4 members (excludes halogenated alkanes) is 10.